The maximum Gasteiger partial charge on any atom is 0.307 e. The third-order valence-electron chi connectivity index (χ3n) is 6.09. The molecule has 0 aromatic heterocycles. The van der Waals surface area contributed by atoms with Crippen LogP contribution < -0.4 is 9.47 Å². The first-order valence-corrected chi connectivity index (χ1v) is 11.2. The number of aliphatic hydroxyl groups excluding tert-OH is 1. The Bertz CT molecular complexity index is 1020. The number of hydrogen-bond donors (Lipinski definition) is 2. The maximum absolute atomic E-state index is 11.4. The van der Waals surface area contributed by atoms with Crippen molar-refractivity contribution in [3.8, 4) is 11.5 Å². The molecule has 0 spiro atoms. The van der Waals surface area contributed by atoms with E-state index in [1.165, 1.54) is 5.56 Å². The van der Waals surface area contributed by atoms with Crippen molar-refractivity contribution in [2.24, 2.45) is 5.92 Å². The molecule has 0 aliphatic heterocycles. The van der Waals surface area contributed by atoms with Gasteiger partial charge in [0.2, 0.25) is 0 Å². The summed E-state index contributed by atoms with van der Waals surface area (Å²) >= 11 is 0. The zero-order chi connectivity index (χ0) is 23.8. The Balaban J connectivity index is 1.86. The molecular weight excluding hydrogens is 416 g/mol. The lowest BCUT2D eigenvalue weighted by atomic mass is 9.85. The average Bonchev–Trinajstić information content (AvgIpc) is 2.83. The molecule has 0 amide bonds. The third-order valence-corrected chi connectivity index (χ3v) is 6.09. The van der Waals surface area contributed by atoms with Gasteiger partial charge in [-0.15, -0.1) is 0 Å². The topological polar surface area (TPSA) is 76.0 Å². The summed E-state index contributed by atoms with van der Waals surface area (Å²) in [5.74, 6) is 0.472. The number of rotatable bonds is 11. The fourth-order valence-electron chi connectivity index (χ4n) is 4.19. The molecule has 0 unspecified atom stereocenters. The SMILES string of the molecule is COc1cc([C@@H](O)[C@@H](CCc2ccccc2)Cc2ccc(CC(=O)O)cc2)cc(OC)c1C. The quantitative estimate of drug-likeness (QED) is 0.424. The van der Waals surface area contributed by atoms with Gasteiger partial charge in [-0.25, -0.2) is 0 Å². The summed E-state index contributed by atoms with van der Waals surface area (Å²) in [6.45, 7) is 1.93. The van der Waals surface area contributed by atoms with Gasteiger partial charge < -0.3 is 19.7 Å². The minimum Gasteiger partial charge on any atom is -0.496 e. The zero-order valence-electron chi connectivity index (χ0n) is 19.5. The second kappa shape index (κ2) is 11.5. The van der Waals surface area contributed by atoms with E-state index in [2.05, 4.69) is 12.1 Å². The van der Waals surface area contributed by atoms with E-state index < -0.39 is 12.1 Å². The van der Waals surface area contributed by atoms with Gasteiger partial charge >= 0.3 is 5.97 Å². The number of hydrogen-bond acceptors (Lipinski definition) is 4. The highest BCUT2D eigenvalue weighted by Gasteiger charge is 2.24. The number of benzene rings is 3. The predicted molar refractivity (Wildman–Crippen MR) is 129 cm³/mol. The second-order valence-electron chi connectivity index (χ2n) is 8.37. The molecule has 0 radical (unpaired) electrons. The van der Waals surface area contributed by atoms with E-state index >= 15 is 0 Å². The first-order valence-electron chi connectivity index (χ1n) is 11.2. The lowest BCUT2D eigenvalue weighted by molar-refractivity contribution is -0.136. The van der Waals surface area contributed by atoms with Crippen LogP contribution in [-0.2, 0) is 24.1 Å². The molecular formula is C28H32O5. The lowest BCUT2D eigenvalue weighted by Gasteiger charge is -2.25. The van der Waals surface area contributed by atoms with Crippen molar-refractivity contribution < 1.29 is 24.5 Å². The summed E-state index contributed by atoms with van der Waals surface area (Å²) in [7, 11) is 3.23. The van der Waals surface area contributed by atoms with E-state index in [9.17, 15) is 9.90 Å². The number of aliphatic hydroxyl groups is 1. The van der Waals surface area contributed by atoms with Crippen molar-refractivity contribution in [2.75, 3.05) is 14.2 Å². The van der Waals surface area contributed by atoms with Crippen molar-refractivity contribution in [3.05, 3.63) is 94.5 Å². The Morgan fingerprint density at radius 3 is 2.00 bits per heavy atom. The van der Waals surface area contributed by atoms with Gasteiger partial charge in [0, 0.05) is 5.56 Å². The minimum atomic E-state index is -0.846. The van der Waals surface area contributed by atoms with Crippen LogP contribution in [0.4, 0.5) is 0 Å². The molecule has 0 aliphatic carbocycles. The van der Waals surface area contributed by atoms with E-state index in [4.69, 9.17) is 14.6 Å². The maximum atomic E-state index is 11.4. The molecule has 0 saturated carbocycles. The predicted octanol–water partition coefficient (Wildman–Crippen LogP) is 5.16. The Morgan fingerprint density at radius 2 is 1.45 bits per heavy atom. The fraction of sp³-hybridized carbons (Fsp3) is 0.321. The van der Waals surface area contributed by atoms with Crippen molar-refractivity contribution in [3.63, 3.8) is 0 Å². The normalized spacial score (nSPS) is 12.7. The minimum absolute atomic E-state index is 0.00327. The van der Waals surface area contributed by atoms with Gasteiger partial charge in [-0.2, -0.15) is 0 Å². The van der Waals surface area contributed by atoms with Gasteiger partial charge in [0.15, 0.2) is 0 Å². The third kappa shape index (κ3) is 6.59. The van der Waals surface area contributed by atoms with Crippen LogP contribution in [-0.4, -0.2) is 30.4 Å². The highest BCUT2D eigenvalue weighted by molar-refractivity contribution is 5.70. The molecule has 2 N–H and O–H groups in total. The van der Waals surface area contributed by atoms with Gasteiger partial charge in [-0.3, -0.25) is 4.79 Å². The summed E-state index contributed by atoms with van der Waals surface area (Å²) in [5.41, 5.74) is 4.71. The molecule has 3 rings (SSSR count). The monoisotopic (exact) mass is 448 g/mol. The van der Waals surface area contributed by atoms with Crippen LogP contribution in [0.1, 0.15) is 40.3 Å². The van der Waals surface area contributed by atoms with Crippen LogP contribution in [0.15, 0.2) is 66.7 Å². The summed E-state index contributed by atoms with van der Waals surface area (Å²) in [6.07, 6.45) is 1.60. The fourth-order valence-corrected chi connectivity index (χ4v) is 4.19. The lowest BCUT2D eigenvalue weighted by Crippen LogP contribution is -2.17. The molecule has 0 aliphatic rings. The number of carbonyl (C=O) groups is 1. The van der Waals surface area contributed by atoms with E-state index in [-0.39, 0.29) is 12.3 Å². The number of carboxylic acid groups (broad SMARTS) is 1. The first-order chi connectivity index (χ1) is 15.9. The summed E-state index contributed by atoms with van der Waals surface area (Å²) in [6, 6.07) is 21.6. The van der Waals surface area contributed by atoms with Gasteiger partial charge in [0.25, 0.3) is 0 Å². The largest absolute Gasteiger partial charge is 0.496 e. The molecule has 0 saturated heterocycles. The van der Waals surface area contributed by atoms with Gasteiger partial charge in [0.05, 0.1) is 26.7 Å². The van der Waals surface area contributed by atoms with Crippen LogP contribution in [0.5, 0.6) is 11.5 Å². The molecule has 5 heteroatoms. The van der Waals surface area contributed by atoms with E-state index in [0.717, 1.165) is 35.1 Å². The highest BCUT2D eigenvalue weighted by atomic mass is 16.5. The Hall–Kier alpha value is -3.31. The van der Waals surface area contributed by atoms with Gasteiger partial charge in [-0.1, -0.05) is 54.6 Å². The van der Waals surface area contributed by atoms with Crippen molar-refractivity contribution in [1.82, 2.24) is 0 Å². The van der Waals surface area contributed by atoms with Crippen molar-refractivity contribution in [2.45, 2.75) is 38.7 Å². The van der Waals surface area contributed by atoms with Crippen LogP contribution in [0.3, 0.4) is 0 Å². The molecule has 0 heterocycles. The molecule has 5 nitrogen and oxygen atoms in total. The van der Waals surface area contributed by atoms with E-state index in [1.807, 2.05) is 61.5 Å². The second-order valence-corrected chi connectivity index (χ2v) is 8.37. The number of methoxy groups -OCH3 is 2. The molecule has 3 aromatic rings. The van der Waals surface area contributed by atoms with Crippen LogP contribution in [0.25, 0.3) is 0 Å². The van der Waals surface area contributed by atoms with E-state index in [1.54, 1.807) is 14.2 Å². The number of aryl methyl sites for hydroxylation is 1. The van der Waals surface area contributed by atoms with Gasteiger partial charge in [-0.05, 0) is 66.5 Å². The van der Waals surface area contributed by atoms with Crippen molar-refractivity contribution >= 4 is 5.97 Å². The molecule has 3 aromatic carbocycles. The summed E-state index contributed by atoms with van der Waals surface area (Å²) < 4.78 is 11.0. The zero-order valence-corrected chi connectivity index (χ0v) is 19.5. The molecule has 2 atom stereocenters. The number of ether oxygens (including phenoxy) is 2. The van der Waals surface area contributed by atoms with Gasteiger partial charge in [0.1, 0.15) is 11.5 Å². The Labute approximate surface area is 195 Å². The summed E-state index contributed by atoms with van der Waals surface area (Å²) in [4.78, 5) is 11.0. The van der Waals surface area contributed by atoms with Crippen LogP contribution in [0, 0.1) is 12.8 Å². The smallest absolute Gasteiger partial charge is 0.307 e. The molecule has 174 valence electrons. The van der Waals surface area contributed by atoms with Crippen molar-refractivity contribution in [1.29, 1.82) is 0 Å². The summed E-state index contributed by atoms with van der Waals surface area (Å²) in [5, 5.41) is 20.4. The van der Waals surface area contributed by atoms with Crippen LogP contribution >= 0.6 is 0 Å². The first kappa shape index (κ1) is 24.3. The molecule has 33 heavy (non-hydrogen) atoms. The number of aliphatic carboxylic acids is 1. The standard InChI is InChI=1S/C28H32O5/c1-19-25(32-2)17-24(18-26(19)33-3)28(31)23(14-13-20-7-5-4-6-8-20)15-21-9-11-22(12-10-21)16-27(29)30/h4-12,17-18,23,28,31H,13-16H2,1-3H3,(H,29,30)/t23-,28-/m0/s1. The Kier molecular flexibility index (Phi) is 8.50. The number of carboxylic acids is 1. The Morgan fingerprint density at radius 1 is 0.879 bits per heavy atom. The molecule has 0 fully saturated rings. The van der Waals surface area contributed by atoms with E-state index in [0.29, 0.717) is 17.9 Å². The molecule has 0 bridgehead atoms. The average molecular weight is 449 g/mol. The highest BCUT2D eigenvalue weighted by Crippen LogP contribution is 2.36. The van der Waals surface area contributed by atoms with Crippen LogP contribution in [0.2, 0.25) is 0 Å².